The van der Waals surface area contributed by atoms with Gasteiger partial charge in [0, 0.05) is 76.4 Å². The van der Waals surface area contributed by atoms with Crippen LogP contribution >= 0.6 is 0 Å². The van der Waals surface area contributed by atoms with E-state index in [1.54, 1.807) is 14.2 Å². The van der Waals surface area contributed by atoms with Crippen molar-refractivity contribution in [2.24, 2.45) is 4.99 Å². The molecule has 1 unspecified atom stereocenters. The van der Waals surface area contributed by atoms with Gasteiger partial charge in [0.25, 0.3) is 0 Å². The van der Waals surface area contributed by atoms with Gasteiger partial charge in [-0.2, -0.15) is 0 Å². The number of nitrogens with zero attached hydrogens (tertiary/aromatic N) is 2. The zero-order valence-corrected chi connectivity index (χ0v) is 18.5. The number of rotatable bonds is 9. The third kappa shape index (κ3) is 6.67. The number of guanidine groups is 1. The Morgan fingerprint density at radius 2 is 1.87 bits per heavy atom. The van der Waals surface area contributed by atoms with Gasteiger partial charge in [0.1, 0.15) is 11.5 Å². The van der Waals surface area contributed by atoms with Gasteiger partial charge >= 0.3 is 0 Å². The van der Waals surface area contributed by atoms with Crippen molar-refractivity contribution in [3.05, 3.63) is 18.2 Å². The predicted octanol–water partition coefficient (Wildman–Crippen LogP) is 2.03. The molecule has 1 aromatic carbocycles. The first kappa shape index (κ1) is 22.5. The van der Waals surface area contributed by atoms with E-state index in [2.05, 4.69) is 32.7 Å². The van der Waals surface area contributed by atoms with E-state index in [0.717, 1.165) is 88.3 Å². The second-order valence-electron chi connectivity index (χ2n) is 7.68. The maximum absolute atomic E-state index is 5.93. The van der Waals surface area contributed by atoms with Crippen LogP contribution < -0.4 is 25.0 Å². The molecule has 2 N–H and O–H groups in total. The van der Waals surface area contributed by atoms with E-state index in [9.17, 15) is 0 Å². The average molecular weight is 421 g/mol. The molecule has 0 bridgehead atoms. The SMILES string of the molecule is CN=C(NCCCOC1CCOCC1)NC1CCN(c2cc(OC)cc(OC)c2)C1. The molecule has 2 aliphatic rings. The molecule has 0 aliphatic carbocycles. The molecule has 0 saturated carbocycles. The first-order chi connectivity index (χ1) is 14.7. The Hall–Kier alpha value is -2.19. The van der Waals surface area contributed by atoms with E-state index >= 15 is 0 Å². The fourth-order valence-corrected chi connectivity index (χ4v) is 3.85. The number of nitrogens with one attached hydrogen (secondary N) is 2. The van der Waals surface area contributed by atoms with E-state index in [1.165, 1.54) is 0 Å². The third-order valence-electron chi connectivity index (χ3n) is 5.59. The van der Waals surface area contributed by atoms with Crippen LogP contribution in [0.2, 0.25) is 0 Å². The number of methoxy groups -OCH3 is 2. The highest BCUT2D eigenvalue weighted by molar-refractivity contribution is 5.80. The Labute approximate surface area is 179 Å². The zero-order chi connectivity index (χ0) is 21.2. The predicted molar refractivity (Wildman–Crippen MR) is 119 cm³/mol. The van der Waals surface area contributed by atoms with Crippen LogP contribution in [0.5, 0.6) is 11.5 Å². The second kappa shape index (κ2) is 11.9. The van der Waals surface area contributed by atoms with E-state index in [1.807, 2.05) is 13.1 Å². The third-order valence-corrected chi connectivity index (χ3v) is 5.59. The van der Waals surface area contributed by atoms with E-state index in [4.69, 9.17) is 18.9 Å². The molecule has 0 radical (unpaired) electrons. The highest BCUT2D eigenvalue weighted by atomic mass is 16.5. The molecule has 8 heteroatoms. The largest absolute Gasteiger partial charge is 0.497 e. The van der Waals surface area contributed by atoms with Crippen LogP contribution in [0.25, 0.3) is 0 Å². The molecule has 168 valence electrons. The van der Waals surface area contributed by atoms with Gasteiger partial charge < -0.3 is 34.5 Å². The molecular formula is C22H36N4O4. The molecule has 1 aromatic rings. The van der Waals surface area contributed by atoms with Crippen molar-refractivity contribution in [1.29, 1.82) is 0 Å². The van der Waals surface area contributed by atoms with Crippen molar-refractivity contribution in [1.82, 2.24) is 10.6 Å². The summed E-state index contributed by atoms with van der Waals surface area (Å²) in [7, 11) is 5.17. The first-order valence-corrected chi connectivity index (χ1v) is 10.9. The summed E-state index contributed by atoms with van der Waals surface area (Å²) in [6.45, 7) is 5.13. The summed E-state index contributed by atoms with van der Waals surface area (Å²) in [4.78, 5) is 6.72. The van der Waals surface area contributed by atoms with Crippen molar-refractivity contribution in [3.63, 3.8) is 0 Å². The normalized spacial score (nSPS) is 20.3. The maximum atomic E-state index is 5.93. The quantitative estimate of drug-likeness (QED) is 0.360. The summed E-state index contributed by atoms with van der Waals surface area (Å²) in [5.74, 6) is 2.46. The van der Waals surface area contributed by atoms with Crippen LogP contribution in [0, 0.1) is 0 Å². The molecule has 0 spiro atoms. The molecule has 2 saturated heterocycles. The summed E-state index contributed by atoms with van der Waals surface area (Å²) >= 11 is 0. The van der Waals surface area contributed by atoms with E-state index in [0.29, 0.717) is 12.1 Å². The summed E-state index contributed by atoms with van der Waals surface area (Å²) in [5, 5.41) is 6.94. The monoisotopic (exact) mass is 420 g/mol. The summed E-state index contributed by atoms with van der Waals surface area (Å²) in [6.07, 6.45) is 4.38. The molecule has 0 aromatic heterocycles. The van der Waals surface area contributed by atoms with Gasteiger partial charge in [0.2, 0.25) is 0 Å². The molecule has 8 nitrogen and oxygen atoms in total. The molecule has 2 aliphatic heterocycles. The van der Waals surface area contributed by atoms with Crippen molar-refractivity contribution in [2.45, 2.75) is 37.8 Å². The molecule has 1 atom stereocenters. The minimum Gasteiger partial charge on any atom is -0.497 e. The molecule has 2 heterocycles. The van der Waals surface area contributed by atoms with Crippen LogP contribution in [-0.4, -0.2) is 78.8 Å². The smallest absolute Gasteiger partial charge is 0.191 e. The second-order valence-corrected chi connectivity index (χ2v) is 7.68. The Morgan fingerprint density at radius 3 is 2.53 bits per heavy atom. The number of ether oxygens (including phenoxy) is 4. The number of benzene rings is 1. The Morgan fingerprint density at radius 1 is 1.13 bits per heavy atom. The van der Waals surface area contributed by atoms with Crippen molar-refractivity contribution < 1.29 is 18.9 Å². The van der Waals surface area contributed by atoms with Gasteiger partial charge in [-0.1, -0.05) is 0 Å². The Bertz CT molecular complexity index is 657. The average Bonchev–Trinajstić information content (AvgIpc) is 3.27. The van der Waals surface area contributed by atoms with Crippen LogP contribution in [-0.2, 0) is 9.47 Å². The lowest BCUT2D eigenvalue weighted by molar-refractivity contribution is -0.0320. The molecule has 0 amide bonds. The minimum atomic E-state index is 0.340. The number of hydrogen-bond acceptors (Lipinski definition) is 6. The van der Waals surface area contributed by atoms with Gasteiger partial charge in [-0.25, -0.2) is 0 Å². The fourth-order valence-electron chi connectivity index (χ4n) is 3.85. The van der Waals surface area contributed by atoms with Crippen LogP contribution in [0.4, 0.5) is 5.69 Å². The lowest BCUT2D eigenvalue weighted by Gasteiger charge is -2.23. The lowest BCUT2D eigenvalue weighted by Crippen LogP contribution is -2.45. The van der Waals surface area contributed by atoms with Gasteiger partial charge in [-0.15, -0.1) is 0 Å². The lowest BCUT2D eigenvalue weighted by atomic mass is 10.1. The van der Waals surface area contributed by atoms with Crippen LogP contribution in [0.15, 0.2) is 23.2 Å². The maximum Gasteiger partial charge on any atom is 0.191 e. The van der Waals surface area contributed by atoms with Crippen molar-refractivity contribution in [2.75, 3.05) is 65.6 Å². The van der Waals surface area contributed by atoms with Crippen molar-refractivity contribution in [3.8, 4) is 11.5 Å². The summed E-state index contributed by atoms with van der Waals surface area (Å²) in [6, 6.07) is 6.34. The summed E-state index contributed by atoms with van der Waals surface area (Å²) < 4.78 is 22.1. The Kier molecular flexibility index (Phi) is 8.89. The van der Waals surface area contributed by atoms with Crippen molar-refractivity contribution >= 4 is 11.6 Å². The minimum absolute atomic E-state index is 0.340. The zero-order valence-electron chi connectivity index (χ0n) is 18.5. The van der Waals surface area contributed by atoms with Gasteiger partial charge in [-0.3, -0.25) is 4.99 Å². The van der Waals surface area contributed by atoms with E-state index < -0.39 is 0 Å². The highest BCUT2D eigenvalue weighted by Gasteiger charge is 2.24. The fraction of sp³-hybridized carbons (Fsp3) is 0.682. The molecule has 3 rings (SSSR count). The van der Waals surface area contributed by atoms with Gasteiger partial charge in [0.05, 0.1) is 20.3 Å². The number of anilines is 1. The van der Waals surface area contributed by atoms with Gasteiger partial charge in [0.15, 0.2) is 5.96 Å². The molecular weight excluding hydrogens is 384 g/mol. The van der Waals surface area contributed by atoms with E-state index in [-0.39, 0.29) is 0 Å². The van der Waals surface area contributed by atoms with Crippen LogP contribution in [0.1, 0.15) is 25.7 Å². The summed E-state index contributed by atoms with van der Waals surface area (Å²) in [5.41, 5.74) is 1.11. The van der Waals surface area contributed by atoms with Gasteiger partial charge in [-0.05, 0) is 25.7 Å². The standard InChI is InChI=1S/C22H36N4O4/c1-23-22(24-8-4-10-30-19-6-11-29-12-7-19)25-17-5-9-26(16-17)18-13-20(27-2)15-21(14-18)28-3/h13-15,17,19H,4-12,16H2,1-3H3,(H2,23,24,25). The molecule has 30 heavy (non-hydrogen) atoms. The Balaban J connectivity index is 1.39. The topological polar surface area (TPSA) is 76.6 Å². The number of aliphatic imine (C=N–C) groups is 1. The highest BCUT2D eigenvalue weighted by Crippen LogP contribution is 2.30. The molecule has 2 fully saturated rings. The van der Waals surface area contributed by atoms with Crippen LogP contribution in [0.3, 0.4) is 0 Å². The first-order valence-electron chi connectivity index (χ1n) is 10.9. The number of hydrogen-bond donors (Lipinski definition) is 2.